The number of aromatic nitrogens is 2. The number of hydrogen-bond donors (Lipinski definition) is 1. The average molecular weight is 268 g/mol. The van der Waals surface area contributed by atoms with E-state index in [4.69, 9.17) is 4.42 Å². The molecule has 0 aliphatic carbocycles. The molecule has 0 radical (unpaired) electrons. The van der Waals surface area contributed by atoms with Crippen LogP contribution in [0.5, 0.6) is 0 Å². The van der Waals surface area contributed by atoms with Crippen molar-refractivity contribution in [2.45, 2.75) is 26.9 Å². The van der Waals surface area contributed by atoms with Crippen molar-refractivity contribution in [1.82, 2.24) is 9.97 Å². The lowest BCUT2D eigenvalue weighted by molar-refractivity contribution is 0.281. The van der Waals surface area contributed by atoms with Crippen molar-refractivity contribution in [3.05, 3.63) is 47.2 Å². The van der Waals surface area contributed by atoms with Gasteiger partial charge >= 0.3 is 0 Å². The van der Waals surface area contributed by atoms with E-state index in [0.29, 0.717) is 5.89 Å². The van der Waals surface area contributed by atoms with Gasteiger partial charge in [-0.1, -0.05) is 13.0 Å². The second-order valence-corrected chi connectivity index (χ2v) is 4.85. The van der Waals surface area contributed by atoms with Crippen LogP contribution in [0, 0.1) is 6.92 Å². The van der Waals surface area contributed by atoms with Crippen LogP contribution in [0.1, 0.15) is 23.6 Å². The minimum Gasteiger partial charge on any atom is -0.435 e. The van der Waals surface area contributed by atoms with Crippen molar-refractivity contribution in [3.8, 4) is 11.6 Å². The summed E-state index contributed by atoms with van der Waals surface area (Å²) in [5.41, 5.74) is 5.34. The predicted molar refractivity (Wildman–Crippen MR) is 77.3 cm³/mol. The molecule has 0 atom stereocenters. The highest BCUT2D eigenvalue weighted by Gasteiger charge is 2.13. The largest absolute Gasteiger partial charge is 0.435 e. The molecule has 0 bridgehead atoms. The van der Waals surface area contributed by atoms with E-state index in [9.17, 15) is 5.11 Å². The highest BCUT2D eigenvalue weighted by atomic mass is 16.3. The lowest BCUT2D eigenvalue weighted by Gasteiger charge is -2.04. The van der Waals surface area contributed by atoms with Crippen molar-refractivity contribution in [1.29, 1.82) is 0 Å². The van der Waals surface area contributed by atoms with E-state index in [0.717, 1.165) is 39.9 Å². The van der Waals surface area contributed by atoms with E-state index in [1.54, 1.807) is 6.20 Å². The van der Waals surface area contributed by atoms with E-state index >= 15 is 0 Å². The Morgan fingerprint density at radius 1 is 1.25 bits per heavy atom. The van der Waals surface area contributed by atoms with E-state index < -0.39 is 0 Å². The summed E-state index contributed by atoms with van der Waals surface area (Å²) in [6.07, 6.45) is 2.47. The Kier molecular flexibility index (Phi) is 3.24. The number of fused-ring (bicyclic) bond motifs is 1. The normalized spacial score (nSPS) is 11.2. The van der Waals surface area contributed by atoms with Gasteiger partial charge in [0.1, 0.15) is 11.2 Å². The minimum atomic E-state index is -0.00691. The lowest BCUT2D eigenvalue weighted by Crippen LogP contribution is -1.95. The van der Waals surface area contributed by atoms with Gasteiger partial charge in [-0.2, -0.15) is 0 Å². The first-order valence-corrected chi connectivity index (χ1v) is 6.67. The highest BCUT2D eigenvalue weighted by Crippen LogP contribution is 2.26. The summed E-state index contributed by atoms with van der Waals surface area (Å²) in [6, 6.07) is 7.87. The fourth-order valence-electron chi connectivity index (χ4n) is 2.25. The SMILES string of the molecule is CCc1cc(CO)cnc1-c1nc2cc(C)ccc2o1. The molecule has 0 saturated carbocycles. The Balaban J connectivity index is 2.14. The van der Waals surface area contributed by atoms with Crippen LogP contribution in [-0.4, -0.2) is 15.1 Å². The van der Waals surface area contributed by atoms with Crippen LogP contribution in [0.15, 0.2) is 34.9 Å². The van der Waals surface area contributed by atoms with Crippen LogP contribution in [-0.2, 0) is 13.0 Å². The average Bonchev–Trinajstić information content (AvgIpc) is 2.89. The number of rotatable bonds is 3. The molecule has 4 heteroatoms. The number of pyridine rings is 1. The molecule has 2 heterocycles. The molecule has 3 rings (SSSR count). The lowest BCUT2D eigenvalue weighted by atomic mass is 10.1. The molecule has 0 amide bonds. The van der Waals surface area contributed by atoms with Crippen LogP contribution >= 0.6 is 0 Å². The molecule has 4 nitrogen and oxygen atoms in total. The van der Waals surface area contributed by atoms with Crippen LogP contribution in [0.4, 0.5) is 0 Å². The van der Waals surface area contributed by atoms with Crippen LogP contribution in [0.3, 0.4) is 0 Å². The summed E-state index contributed by atoms with van der Waals surface area (Å²) in [7, 11) is 0. The van der Waals surface area contributed by atoms with Gasteiger partial charge in [0.05, 0.1) is 6.61 Å². The molecule has 102 valence electrons. The smallest absolute Gasteiger partial charge is 0.246 e. The van der Waals surface area contributed by atoms with Crippen molar-refractivity contribution in [3.63, 3.8) is 0 Å². The van der Waals surface area contributed by atoms with Gasteiger partial charge in [0.25, 0.3) is 0 Å². The number of benzene rings is 1. The topological polar surface area (TPSA) is 59.2 Å². The number of oxazole rings is 1. The van der Waals surface area contributed by atoms with Gasteiger partial charge in [-0.15, -0.1) is 0 Å². The summed E-state index contributed by atoms with van der Waals surface area (Å²) in [5.74, 6) is 0.534. The zero-order chi connectivity index (χ0) is 14.1. The predicted octanol–water partition coefficient (Wildman–Crippen LogP) is 3.25. The maximum Gasteiger partial charge on any atom is 0.246 e. The standard InChI is InChI=1S/C16H16N2O2/c1-3-12-7-11(9-19)8-17-15(12)16-18-13-6-10(2)4-5-14(13)20-16/h4-8,19H,3,9H2,1-2H3. The molecule has 0 saturated heterocycles. The van der Waals surface area contributed by atoms with Crippen molar-refractivity contribution in [2.75, 3.05) is 0 Å². The summed E-state index contributed by atoms with van der Waals surface area (Å²) in [5, 5.41) is 9.18. The fraction of sp³-hybridized carbons (Fsp3) is 0.250. The Bertz CT molecular complexity index is 762. The second kappa shape index (κ2) is 5.06. The van der Waals surface area contributed by atoms with Gasteiger partial charge in [-0.05, 0) is 48.2 Å². The molecule has 0 spiro atoms. The van der Waals surface area contributed by atoms with E-state index in [1.807, 2.05) is 31.2 Å². The zero-order valence-electron chi connectivity index (χ0n) is 11.6. The van der Waals surface area contributed by atoms with Gasteiger partial charge in [-0.3, -0.25) is 4.98 Å². The van der Waals surface area contributed by atoms with E-state index in [-0.39, 0.29) is 6.61 Å². The number of aliphatic hydroxyl groups is 1. The van der Waals surface area contributed by atoms with Crippen molar-refractivity contribution in [2.24, 2.45) is 0 Å². The van der Waals surface area contributed by atoms with Crippen molar-refractivity contribution < 1.29 is 9.52 Å². The van der Waals surface area contributed by atoms with Gasteiger partial charge in [0.2, 0.25) is 5.89 Å². The Morgan fingerprint density at radius 3 is 2.85 bits per heavy atom. The minimum absolute atomic E-state index is 0.00691. The quantitative estimate of drug-likeness (QED) is 0.792. The third kappa shape index (κ3) is 2.18. The molecule has 1 N–H and O–H groups in total. The maximum absolute atomic E-state index is 9.18. The Hall–Kier alpha value is -2.20. The summed E-state index contributed by atoms with van der Waals surface area (Å²) in [6.45, 7) is 4.07. The molecule has 0 fully saturated rings. The van der Waals surface area contributed by atoms with Gasteiger partial charge in [0.15, 0.2) is 5.58 Å². The van der Waals surface area contributed by atoms with Gasteiger partial charge < -0.3 is 9.52 Å². The van der Waals surface area contributed by atoms with Crippen molar-refractivity contribution >= 4 is 11.1 Å². The second-order valence-electron chi connectivity index (χ2n) is 4.85. The molecule has 20 heavy (non-hydrogen) atoms. The van der Waals surface area contributed by atoms with Crippen LogP contribution in [0.25, 0.3) is 22.7 Å². The van der Waals surface area contributed by atoms with E-state index in [1.165, 1.54) is 0 Å². The summed E-state index contributed by atoms with van der Waals surface area (Å²) < 4.78 is 5.79. The first-order chi connectivity index (χ1) is 9.71. The first-order valence-electron chi connectivity index (χ1n) is 6.67. The fourth-order valence-corrected chi connectivity index (χ4v) is 2.25. The Labute approximate surface area is 117 Å². The highest BCUT2D eigenvalue weighted by molar-refractivity contribution is 5.76. The molecule has 3 aromatic rings. The third-order valence-electron chi connectivity index (χ3n) is 3.33. The number of hydrogen-bond acceptors (Lipinski definition) is 4. The third-order valence-corrected chi connectivity index (χ3v) is 3.33. The molecule has 0 aliphatic rings. The summed E-state index contributed by atoms with van der Waals surface area (Å²) in [4.78, 5) is 8.91. The molecule has 1 aromatic carbocycles. The van der Waals surface area contributed by atoms with Gasteiger partial charge in [-0.25, -0.2) is 4.98 Å². The molecular weight excluding hydrogens is 252 g/mol. The molecule has 0 unspecified atom stereocenters. The number of nitrogens with zero attached hydrogens (tertiary/aromatic N) is 2. The maximum atomic E-state index is 9.18. The molecular formula is C16H16N2O2. The molecule has 2 aromatic heterocycles. The molecule has 0 aliphatic heterocycles. The Morgan fingerprint density at radius 2 is 2.10 bits per heavy atom. The zero-order valence-corrected chi connectivity index (χ0v) is 11.6. The number of aliphatic hydroxyl groups excluding tert-OH is 1. The van der Waals surface area contributed by atoms with Gasteiger partial charge in [0, 0.05) is 6.20 Å². The summed E-state index contributed by atoms with van der Waals surface area (Å²) >= 11 is 0. The van der Waals surface area contributed by atoms with Crippen LogP contribution in [0.2, 0.25) is 0 Å². The number of aryl methyl sites for hydroxylation is 2. The van der Waals surface area contributed by atoms with E-state index in [2.05, 4.69) is 16.9 Å². The monoisotopic (exact) mass is 268 g/mol. The van der Waals surface area contributed by atoms with Crippen LogP contribution < -0.4 is 0 Å². The first kappa shape index (κ1) is 12.8.